The van der Waals surface area contributed by atoms with Gasteiger partial charge in [-0.3, -0.25) is 4.79 Å². The third kappa shape index (κ3) is 2.98. The molecule has 0 saturated carbocycles. The summed E-state index contributed by atoms with van der Waals surface area (Å²) in [7, 11) is 0. The summed E-state index contributed by atoms with van der Waals surface area (Å²) in [5, 5.41) is 3.24. The first kappa shape index (κ1) is 11.5. The molecule has 1 rings (SSSR count). The van der Waals surface area contributed by atoms with Gasteiger partial charge in [-0.15, -0.1) is 0 Å². The van der Waals surface area contributed by atoms with Gasteiger partial charge in [0.25, 0.3) is 0 Å². The summed E-state index contributed by atoms with van der Waals surface area (Å²) >= 11 is 0. The number of nitrogens with one attached hydrogen (secondary N) is 1. The molecule has 0 spiro atoms. The fourth-order valence-electron chi connectivity index (χ4n) is 1.94. The van der Waals surface area contributed by atoms with Crippen LogP contribution >= 0.6 is 0 Å². The minimum absolute atomic E-state index is 0.230. The van der Waals surface area contributed by atoms with Crippen LogP contribution < -0.4 is 5.32 Å². The maximum atomic E-state index is 12.0. The van der Waals surface area contributed by atoms with Crippen LogP contribution in [0.4, 0.5) is 0 Å². The highest BCUT2D eigenvalue weighted by molar-refractivity contribution is 5.79. The van der Waals surface area contributed by atoms with Gasteiger partial charge < -0.3 is 10.2 Å². The Morgan fingerprint density at radius 1 is 1.57 bits per heavy atom. The summed E-state index contributed by atoms with van der Waals surface area (Å²) < 4.78 is 0. The molecule has 1 fully saturated rings. The number of hydrogen-bond donors (Lipinski definition) is 1. The van der Waals surface area contributed by atoms with Gasteiger partial charge in [0.2, 0.25) is 5.91 Å². The van der Waals surface area contributed by atoms with Crippen molar-refractivity contribution in [2.45, 2.75) is 27.2 Å². The van der Waals surface area contributed by atoms with E-state index in [4.69, 9.17) is 0 Å². The molecule has 0 radical (unpaired) electrons. The molecule has 1 unspecified atom stereocenters. The standard InChI is InChI=1S/C11H22N2O/c1-4-13(8-9(2)3)11(14)10-5-6-12-7-10/h9-10,12H,4-8H2,1-3H3. The van der Waals surface area contributed by atoms with Crippen molar-refractivity contribution < 1.29 is 4.79 Å². The Hall–Kier alpha value is -0.570. The minimum Gasteiger partial charge on any atom is -0.342 e. The van der Waals surface area contributed by atoms with E-state index < -0.39 is 0 Å². The van der Waals surface area contributed by atoms with E-state index in [1.54, 1.807) is 0 Å². The first-order valence-corrected chi connectivity index (χ1v) is 5.64. The summed E-state index contributed by atoms with van der Waals surface area (Å²) in [4.78, 5) is 14.0. The topological polar surface area (TPSA) is 32.3 Å². The monoisotopic (exact) mass is 198 g/mol. The van der Waals surface area contributed by atoms with Crippen molar-refractivity contribution in [3.05, 3.63) is 0 Å². The van der Waals surface area contributed by atoms with Crippen LogP contribution in [-0.2, 0) is 4.79 Å². The lowest BCUT2D eigenvalue weighted by Gasteiger charge is -2.25. The fraction of sp³-hybridized carbons (Fsp3) is 0.909. The van der Waals surface area contributed by atoms with Gasteiger partial charge >= 0.3 is 0 Å². The molecule has 0 aromatic rings. The molecule has 1 amide bonds. The van der Waals surface area contributed by atoms with E-state index >= 15 is 0 Å². The Kier molecular flexibility index (Phi) is 4.39. The molecule has 1 aliphatic heterocycles. The molecule has 1 N–H and O–H groups in total. The van der Waals surface area contributed by atoms with Crippen LogP contribution in [0.2, 0.25) is 0 Å². The molecular weight excluding hydrogens is 176 g/mol. The predicted octanol–water partition coefficient (Wildman–Crippen LogP) is 1.10. The van der Waals surface area contributed by atoms with Crippen LogP contribution in [-0.4, -0.2) is 37.0 Å². The maximum Gasteiger partial charge on any atom is 0.227 e. The quantitative estimate of drug-likeness (QED) is 0.733. The molecule has 1 saturated heterocycles. The van der Waals surface area contributed by atoms with Gasteiger partial charge in [-0.25, -0.2) is 0 Å². The highest BCUT2D eigenvalue weighted by Crippen LogP contribution is 2.12. The Morgan fingerprint density at radius 3 is 2.71 bits per heavy atom. The molecule has 1 atom stereocenters. The van der Waals surface area contributed by atoms with Crippen LogP contribution in [0.15, 0.2) is 0 Å². The molecule has 3 nitrogen and oxygen atoms in total. The van der Waals surface area contributed by atoms with Gasteiger partial charge in [-0.1, -0.05) is 13.8 Å². The number of rotatable bonds is 4. The third-order valence-corrected chi connectivity index (χ3v) is 2.69. The Labute approximate surface area is 86.9 Å². The number of hydrogen-bond acceptors (Lipinski definition) is 2. The normalized spacial score (nSPS) is 21.6. The summed E-state index contributed by atoms with van der Waals surface area (Å²) in [5.74, 6) is 1.13. The minimum atomic E-state index is 0.230. The van der Waals surface area contributed by atoms with Crippen LogP contribution in [0.5, 0.6) is 0 Å². The zero-order valence-corrected chi connectivity index (χ0v) is 9.55. The third-order valence-electron chi connectivity index (χ3n) is 2.69. The lowest BCUT2D eigenvalue weighted by atomic mass is 10.1. The highest BCUT2D eigenvalue weighted by atomic mass is 16.2. The van der Waals surface area contributed by atoms with Gasteiger partial charge in [-0.2, -0.15) is 0 Å². The fourth-order valence-corrected chi connectivity index (χ4v) is 1.94. The molecule has 1 heterocycles. The second-order valence-electron chi connectivity index (χ2n) is 4.46. The van der Waals surface area contributed by atoms with Crippen LogP contribution in [0, 0.1) is 11.8 Å². The lowest BCUT2D eigenvalue weighted by Crippen LogP contribution is -2.39. The largest absolute Gasteiger partial charge is 0.342 e. The molecule has 3 heteroatoms. The molecule has 0 bridgehead atoms. The summed E-state index contributed by atoms with van der Waals surface area (Å²) in [6.07, 6.45) is 1.01. The van der Waals surface area contributed by atoms with Crippen molar-refractivity contribution in [2.24, 2.45) is 11.8 Å². The van der Waals surface area contributed by atoms with Gasteiger partial charge in [0.15, 0.2) is 0 Å². The first-order valence-electron chi connectivity index (χ1n) is 5.64. The molecule has 82 valence electrons. The zero-order chi connectivity index (χ0) is 10.6. The summed E-state index contributed by atoms with van der Waals surface area (Å²) in [6, 6.07) is 0. The van der Waals surface area contributed by atoms with Crippen molar-refractivity contribution in [1.29, 1.82) is 0 Å². The second-order valence-corrected chi connectivity index (χ2v) is 4.46. The summed E-state index contributed by atoms with van der Waals surface area (Å²) in [6.45, 7) is 9.97. The highest BCUT2D eigenvalue weighted by Gasteiger charge is 2.26. The number of nitrogens with zero attached hydrogens (tertiary/aromatic N) is 1. The number of carbonyl (C=O) groups is 1. The van der Waals surface area contributed by atoms with Crippen molar-refractivity contribution in [3.8, 4) is 0 Å². The smallest absolute Gasteiger partial charge is 0.227 e. The van der Waals surface area contributed by atoms with E-state index in [0.717, 1.165) is 32.6 Å². The maximum absolute atomic E-state index is 12.0. The molecule has 1 aliphatic rings. The van der Waals surface area contributed by atoms with Crippen LogP contribution in [0.3, 0.4) is 0 Å². The molecule has 14 heavy (non-hydrogen) atoms. The number of carbonyl (C=O) groups excluding carboxylic acids is 1. The van der Waals surface area contributed by atoms with Crippen molar-refractivity contribution >= 4 is 5.91 Å². The van der Waals surface area contributed by atoms with E-state index in [0.29, 0.717) is 11.8 Å². The summed E-state index contributed by atoms with van der Waals surface area (Å²) in [5.41, 5.74) is 0. The predicted molar refractivity (Wildman–Crippen MR) is 58.1 cm³/mol. The molecular formula is C11H22N2O. The Bertz CT molecular complexity index is 186. The van der Waals surface area contributed by atoms with Crippen molar-refractivity contribution in [2.75, 3.05) is 26.2 Å². The van der Waals surface area contributed by atoms with Crippen LogP contribution in [0.1, 0.15) is 27.2 Å². The lowest BCUT2D eigenvalue weighted by molar-refractivity contribution is -0.135. The van der Waals surface area contributed by atoms with Gasteiger partial charge in [0.05, 0.1) is 5.92 Å². The van der Waals surface area contributed by atoms with Crippen molar-refractivity contribution in [1.82, 2.24) is 10.2 Å². The van der Waals surface area contributed by atoms with E-state index in [2.05, 4.69) is 26.1 Å². The van der Waals surface area contributed by atoms with Gasteiger partial charge in [-0.05, 0) is 25.8 Å². The van der Waals surface area contributed by atoms with E-state index in [1.165, 1.54) is 0 Å². The van der Waals surface area contributed by atoms with E-state index in [1.807, 2.05) is 4.90 Å². The first-order chi connectivity index (χ1) is 6.65. The van der Waals surface area contributed by atoms with E-state index in [9.17, 15) is 4.79 Å². The Morgan fingerprint density at radius 2 is 2.29 bits per heavy atom. The second kappa shape index (κ2) is 5.35. The SMILES string of the molecule is CCN(CC(C)C)C(=O)C1CCNC1. The van der Waals surface area contributed by atoms with Gasteiger partial charge in [0.1, 0.15) is 0 Å². The number of amides is 1. The average Bonchev–Trinajstić information content (AvgIpc) is 2.65. The van der Waals surface area contributed by atoms with Crippen LogP contribution in [0.25, 0.3) is 0 Å². The van der Waals surface area contributed by atoms with Crippen molar-refractivity contribution in [3.63, 3.8) is 0 Å². The molecule has 0 aliphatic carbocycles. The average molecular weight is 198 g/mol. The van der Waals surface area contributed by atoms with E-state index in [-0.39, 0.29) is 5.92 Å². The molecule has 0 aromatic heterocycles. The van der Waals surface area contributed by atoms with Gasteiger partial charge in [0, 0.05) is 19.6 Å². The molecule has 0 aromatic carbocycles. The zero-order valence-electron chi connectivity index (χ0n) is 9.55. The Balaban J connectivity index is 2.46.